The number of rotatable bonds is 4. The maximum atomic E-state index is 12.5. The van der Waals surface area contributed by atoms with E-state index >= 15 is 0 Å². The van der Waals surface area contributed by atoms with Crippen LogP contribution < -0.4 is 4.72 Å². The SMILES string of the molecule is O=S(=O)(Nc1cccc(Cl)c1)c1cncn1-c1cccs1. The minimum atomic E-state index is -3.74. The lowest BCUT2D eigenvalue weighted by Crippen LogP contribution is -2.16. The molecular weight excluding hydrogens is 330 g/mol. The minimum absolute atomic E-state index is 0.0740. The molecule has 0 saturated heterocycles. The van der Waals surface area contributed by atoms with E-state index in [1.165, 1.54) is 28.4 Å². The molecule has 0 aliphatic rings. The molecule has 0 radical (unpaired) electrons. The standard InChI is InChI=1S/C13H10ClN3O2S2/c14-10-3-1-4-11(7-10)16-21(18,19)13-8-15-9-17(13)12-5-2-6-20-12/h1-9,16H. The first-order valence-corrected chi connectivity index (χ1v) is 8.65. The third-order valence-electron chi connectivity index (χ3n) is 2.70. The molecule has 21 heavy (non-hydrogen) atoms. The van der Waals surface area contributed by atoms with Gasteiger partial charge in [-0.1, -0.05) is 17.7 Å². The Hall–Kier alpha value is -1.83. The molecule has 0 saturated carbocycles. The number of benzene rings is 1. The average Bonchev–Trinajstić information content (AvgIpc) is 3.09. The smallest absolute Gasteiger partial charge is 0.279 e. The maximum absolute atomic E-state index is 12.5. The van der Waals surface area contributed by atoms with E-state index in [2.05, 4.69) is 9.71 Å². The average molecular weight is 340 g/mol. The van der Waals surface area contributed by atoms with Crippen molar-refractivity contribution in [1.29, 1.82) is 0 Å². The molecule has 0 amide bonds. The Balaban J connectivity index is 1.98. The van der Waals surface area contributed by atoms with Gasteiger partial charge in [0.1, 0.15) is 11.3 Å². The van der Waals surface area contributed by atoms with Gasteiger partial charge >= 0.3 is 0 Å². The summed E-state index contributed by atoms with van der Waals surface area (Å²) in [5.74, 6) is 0. The molecule has 8 heteroatoms. The van der Waals surface area contributed by atoms with E-state index in [1.54, 1.807) is 24.3 Å². The Morgan fingerprint density at radius 2 is 2.10 bits per heavy atom. The summed E-state index contributed by atoms with van der Waals surface area (Å²) in [4.78, 5) is 3.93. The third kappa shape index (κ3) is 2.94. The van der Waals surface area contributed by atoms with Gasteiger partial charge in [0.2, 0.25) is 0 Å². The van der Waals surface area contributed by atoms with E-state index < -0.39 is 10.0 Å². The summed E-state index contributed by atoms with van der Waals surface area (Å²) in [6.07, 6.45) is 2.78. The Kier molecular flexibility index (Phi) is 3.71. The topological polar surface area (TPSA) is 64.0 Å². The Bertz CT molecular complexity index is 857. The maximum Gasteiger partial charge on any atom is 0.279 e. The molecule has 0 unspecified atom stereocenters. The fourth-order valence-electron chi connectivity index (χ4n) is 1.81. The first kappa shape index (κ1) is 14.1. The van der Waals surface area contributed by atoms with Crippen LogP contribution >= 0.6 is 22.9 Å². The van der Waals surface area contributed by atoms with Gasteiger partial charge in [-0.3, -0.25) is 9.29 Å². The third-order valence-corrected chi connectivity index (χ3v) is 5.16. The van der Waals surface area contributed by atoms with Crippen LogP contribution in [0.5, 0.6) is 0 Å². The highest BCUT2D eigenvalue weighted by molar-refractivity contribution is 7.92. The number of halogens is 1. The fourth-order valence-corrected chi connectivity index (χ4v) is 3.92. The van der Waals surface area contributed by atoms with Crippen molar-refractivity contribution < 1.29 is 8.42 Å². The largest absolute Gasteiger partial charge is 0.279 e. The van der Waals surface area contributed by atoms with Crippen LogP contribution in [0, 0.1) is 0 Å². The van der Waals surface area contributed by atoms with E-state index in [9.17, 15) is 8.42 Å². The number of nitrogens with one attached hydrogen (secondary N) is 1. The van der Waals surface area contributed by atoms with Gasteiger partial charge in [-0.2, -0.15) is 8.42 Å². The molecule has 108 valence electrons. The first-order chi connectivity index (χ1) is 10.1. The zero-order chi connectivity index (χ0) is 14.9. The second-order valence-electron chi connectivity index (χ2n) is 4.17. The summed E-state index contributed by atoms with van der Waals surface area (Å²) < 4.78 is 29.0. The van der Waals surface area contributed by atoms with E-state index in [0.717, 1.165) is 5.00 Å². The van der Waals surface area contributed by atoms with Crippen molar-refractivity contribution in [3.63, 3.8) is 0 Å². The number of imidazole rings is 1. The van der Waals surface area contributed by atoms with Crippen LogP contribution in [-0.2, 0) is 10.0 Å². The van der Waals surface area contributed by atoms with Gasteiger partial charge in [-0.05, 0) is 35.7 Å². The van der Waals surface area contributed by atoms with Gasteiger partial charge < -0.3 is 0 Å². The highest BCUT2D eigenvalue weighted by Gasteiger charge is 2.20. The molecule has 0 fully saturated rings. The molecule has 1 aromatic carbocycles. The molecule has 0 bridgehead atoms. The van der Waals surface area contributed by atoms with Gasteiger partial charge in [-0.15, -0.1) is 11.3 Å². The summed E-state index contributed by atoms with van der Waals surface area (Å²) in [6, 6.07) is 10.2. The van der Waals surface area contributed by atoms with Crippen molar-refractivity contribution in [2.75, 3.05) is 4.72 Å². The zero-order valence-corrected chi connectivity index (χ0v) is 13.0. The lowest BCUT2D eigenvalue weighted by Gasteiger charge is -2.09. The van der Waals surface area contributed by atoms with Crippen LogP contribution in [0.25, 0.3) is 5.00 Å². The van der Waals surface area contributed by atoms with E-state index in [4.69, 9.17) is 11.6 Å². The quantitative estimate of drug-likeness (QED) is 0.792. The van der Waals surface area contributed by atoms with Crippen molar-refractivity contribution >= 4 is 38.6 Å². The van der Waals surface area contributed by atoms with Gasteiger partial charge in [0, 0.05) is 5.02 Å². The summed E-state index contributed by atoms with van der Waals surface area (Å²) in [5.41, 5.74) is 0.404. The van der Waals surface area contributed by atoms with Crippen LogP contribution in [0.3, 0.4) is 0 Å². The van der Waals surface area contributed by atoms with Crippen LogP contribution in [-0.4, -0.2) is 18.0 Å². The predicted octanol–water partition coefficient (Wildman–Crippen LogP) is 3.39. The van der Waals surface area contributed by atoms with Crippen molar-refractivity contribution in [1.82, 2.24) is 9.55 Å². The van der Waals surface area contributed by atoms with Crippen molar-refractivity contribution in [3.05, 3.63) is 59.3 Å². The van der Waals surface area contributed by atoms with Gasteiger partial charge in [0.05, 0.1) is 11.9 Å². The van der Waals surface area contributed by atoms with Gasteiger partial charge in [0.15, 0.2) is 5.03 Å². The van der Waals surface area contributed by atoms with Crippen LogP contribution in [0.2, 0.25) is 5.02 Å². The minimum Gasteiger partial charge on any atom is -0.279 e. The monoisotopic (exact) mass is 339 g/mol. The summed E-state index contributed by atoms with van der Waals surface area (Å²) in [6.45, 7) is 0. The molecule has 2 heterocycles. The van der Waals surface area contributed by atoms with Gasteiger partial charge in [-0.25, -0.2) is 4.98 Å². The molecular formula is C13H10ClN3O2S2. The number of anilines is 1. The molecule has 2 aromatic heterocycles. The summed E-state index contributed by atoms with van der Waals surface area (Å²) in [5, 5.41) is 3.18. The highest BCUT2D eigenvalue weighted by atomic mass is 35.5. The van der Waals surface area contributed by atoms with E-state index in [1.807, 2.05) is 17.5 Å². The Morgan fingerprint density at radius 3 is 2.81 bits per heavy atom. The second-order valence-corrected chi connectivity index (χ2v) is 7.16. The summed E-state index contributed by atoms with van der Waals surface area (Å²) in [7, 11) is -3.74. The fraction of sp³-hybridized carbons (Fsp3) is 0. The number of aromatic nitrogens is 2. The molecule has 0 aliphatic carbocycles. The molecule has 1 N–H and O–H groups in total. The van der Waals surface area contributed by atoms with Crippen LogP contribution in [0.4, 0.5) is 5.69 Å². The highest BCUT2D eigenvalue weighted by Crippen LogP contribution is 2.23. The number of hydrogen-bond acceptors (Lipinski definition) is 4. The Labute approximate surface area is 130 Å². The number of sulfonamides is 1. The predicted molar refractivity (Wildman–Crippen MR) is 83.7 cm³/mol. The van der Waals surface area contributed by atoms with E-state index in [-0.39, 0.29) is 5.03 Å². The molecule has 3 rings (SSSR count). The number of nitrogens with zero attached hydrogens (tertiary/aromatic N) is 2. The van der Waals surface area contributed by atoms with E-state index in [0.29, 0.717) is 10.7 Å². The van der Waals surface area contributed by atoms with Crippen molar-refractivity contribution in [2.24, 2.45) is 0 Å². The second kappa shape index (κ2) is 5.51. The zero-order valence-electron chi connectivity index (χ0n) is 10.6. The van der Waals surface area contributed by atoms with Crippen molar-refractivity contribution in [2.45, 2.75) is 5.03 Å². The molecule has 0 spiro atoms. The number of thiophene rings is 1. The summed E-state index contributed by atoms with van der Waals surface area (Å²) >= 11 is 7.29. The van der Waals surface area contributed by atoms with Crippen LogP contribution in [0.1, 0.15) is 0 Å². The molecule has 5 nitrogen and oxygen atoms in total. The Morgan fingerprint density at radius 1 is 1.24 bits per heavy atom. The van der Waals surface area contributed by atoms with Crippen molar-refractivity contribution in [3.8, 4) is 5.00 Å². The lowest BCUT2D eigenvalue weighted by molar-refractivity contribution is 0.595. The molecule has 3 aromatic rings. The lowest BCUT2D eigenvalue weighted by atomic mass is 10.3. The van der Waals surface area contributed by atoms with Crippen LogP contribution in [0.15, 0.2) is 59.3 Å². The van der Waals surface area contributed by atoms with Gasteiger partial charge in [0.25, 0.3) is 10.0 Å². The molecule has 0 atom stereocenters. The molecule has 0 aliphatic heterocycles. The number of hydrogen-bond donors (Lipinski definition) is 1. The normalized spacial score (nSPS) is 11.5. The first-order valence-electron chi connectivity index (χ1n) is 5.91.